The summed E-state index contributed by atoms with van der Waals surface area (Å²) in [6.45, 7) is 1.76. The number of ether oxygens (including phenoxy) is 1. The fraction of sp³-hybridized carbons (Fsp3) is 0.103. The predicted molar refractivity (Wildman–Crippen MR) is 155 cm³/mol. The van der Waals surface area contributed by atoms with E-state index in [1.165, 1.54) is 18.3 Å². The lowest BCUT2D eigenvalue weighted by atomic mass is 10.2. The SMILES string of the molecule is Cc1ccc(S(=O)(=O)N(CC(=O)N/N=C\c2ccc(OCc3cccc(Cl)c3)cc2)c2ccc(Cl)cc2)cc1. The number of hydrazone groups is 1. The largest absolute Gasteiger partial charge is 0.489 e. The van der Waals surface area contributed by atoms with E-state index in [9.17, 15) is 13.2 Å². The molecule has 0 heterocycles. The van der Waals surface area contributed by atoms with Crippen LogP contribution in [-0.4, -0.2) is 27.1 Å². The number of sulfonamides is 1. The van der Waals surface area contributed by atoms with Gasteiger partial charge in [-0.3, -0.25) is 9.10 Å². The third-order valence-corrected chi connectivity index (χ3v) is 7.86. The second-order valence-corrected chi connectivity index (χ2v) is 11.3. The molecular weight excluding hydrogens is 557 g/mol. The predicted octanol–water partition coefficient (Wildman–Crippen LogP) is 6.23. The molecule has 4 aromatic rings. The molecule has 1 N–H and O–H groups in total. The maximum absolute atomic E-state index is 13.4. The highest BCUT2D eigenvalue weighted by Crippen LogP contribution is 2.25. The highest BCUT2D eigenvalue weighted by molar-refractivity contribution is 7.92. The molecule has 0 radical (unpaired) electrons. The molecule has 4 rings (SSSR count). The van der Waals surface area contributed by atoms with Gasteiger partial charge in [0, 0.05) is 10.0 Å². The van der Waals surface area contributed by atoms with Gasteiger partial charge in [0.25, 0.3) is 15.9 Å². The number of benzene rings is 4. The summed E-state index contributed by atoms with van der Waals surface area (Å²) in [5.41, 5.74) is 5.28. The van der Waals surface area contributed by atoms with Crippen molar-refractivity contribution in [3.63, 3.8) is 0 Å². The summed E-state index contributed by atoms with van der Waals surface area (Å²) in [6.07, 6.45) is 1.46. The third kappa shape index (κ3) is 7.83. The van der Waals surface area contributed by atoms with E-state index in [1.54, 1.807) is 66.7 Å². The molecule has 0 aromatic heterocycles. The van der Waals surface area contributed by atoms with Crippen LogP contribution in [0.1, 0.15) is 16.7 Å². The minimum absolute atomic E-state index is 0.0667. The second kappa shape index (κ2) is 12.8. The van der Waals surface area contributed by atoms with Crippen LogP contribution in [0.5, 0.6) is 5.75 Å². The standard InChI is InChI=1S/C29H25Cl2N3O4S/c1-21-5-15-28(16-6-21)39(36,37)34(26-11-9-24(30)10-12-26)19-29(35)33-32-18-22-7-13-27(14-8-22)38-20-23-3-2-4-25(31)17-23/h2-18H,19-20H2,1H3,(H,33,35)/b32-18-. The molecular formula is C29H25Cl2N3O4S. The van der Waals surface area contributed by atoms with Gasteiger partial charge in [0.2, 0.25) is 0 Å². The zero-order valence-electron chi connectivity index (χ0n) is 20.9. The van der Waals surface area contributed by atoms with E-state index in [0.29, 0.717) is 33.7 Å². The minimum atomic E-state index is -4.03. The summed E-state index contributed by atoms with van der Waals surface area (Å²) in [6, 6.07) is 27.2. The zero-order chi connectivity index (χ0) is 27.8. The van der Waals surface area contributed by atoms with Crippen molar-refractivity contribution in [3.05, 3.63) is 124 Å². The van der Waals surface area contributed by atoms with Crippen LogP contribution in [0.15, 0.2) is 107 Å². The molecule has 39 heavy (non-hydrogen) atoms. The Balaban J connectivity index is 1.40. The van der Waals surface area contributed by atoms with Crippen molar-refractivity contribution in [1.29, 1.82) is 0 Å². The van der Waals surface area contributed by atoms with E-state index >= 15 is 0 Å². The Bertz CT molecular complexity index is 1560. The number of hydrogen-bond acceptors (Lipinski definition) is 5. The molecule has 7 nitrogen and oxygen atoms in total. The molecule has 200 valence electrons. The number of nitrogens with one attached hydrogen (secondary N) is 1. The molecule has 10 heteroatoms. The number of halogens is 2. The second-order valence-electron chi connectivity index (χ2n) is 8.58. The van der Waals surface area contributed by atoms with Crippen LogP contribution in [0.4, 0.5) is 5.69 Å². The van der Waals surface area contributed by atoms with E-state index in [2.05, 4.69) is 10.5 Å². The number of anilines is 1. The number of aryl methyl sites for hydroxylation is 1. The Morgan fingerprint density at radius 3 is 2.28 bits per heavy atom. The topological polar surface area (TPSA) is 88.1 Å². The molecule has 0 spiro atoms. The van der Waals surface area contributed by atoms with Crippen molar-refractivity contribution in [2.24, 2.45) is 5.10 Å². The zero-order valence-corrected chi connectivity index (χ0v) is 23.2. The Labute approximate surface area is 237 Å². The van der Waals surface area contributed by atoms with Gasteiger partial charge in [-0.1, -0.05) is 53.0 Å². The normalized spacial score (nSPS) is 11.4. The molecule has 0 fully saturated rings. The molecule has 0 aliphatic heterocycles. The molecule has 0 bridgehead atoms. The van der Waals surface area contributed by atoms with Gasteiger partial charge in [-0.15, -0.1) is 0 Å². The molecule has 0 atom stereocenters. The van der Waals surface area contributed by atoms with Crippen molar-refractivity contribution < 1.29 is 17.9 Å². The van der Waals surface area contributed by atoms with Gasteiger partial charge >= 0.3 is 0 Å². The number of amides is 1. The Hall–Kier alpha value is -3.85. The van der Waals surface area contributed by atoms with E-state index in [-0.39, 0.29) is 4.90 Å². The van der Waals surface area contributed by atoms with Gasteiger partial charge in [-0.05, 0) is 90.8 Å². The van der Waals surface area contributed by atoms with Gasteiger partial charge in [0.15, 0.2) is 0 Å². The lowest BCUT2D eigenvalue weighted by Crippen LogP contribution is -2.39. The summed E-state index contributed by atoms with van der Waals surface area (Å²) in [4.78, 5) is 12.8. The summed E-state index contributed by atoms with van der Waals surface area (Å²) in [5, 5.41) is 5.07. The Morgan fingerprint density at radius 1 is 0.923 bits per heavy atom. The van der Waals surface area contributed by atoms with Crippen LogP contribution in [-0.2, 0) is 21.4 Å². The highest BCUT2D eigenvalue weighted by Gasteiger charge is 2.27. The summed E-state index contributed by atoms with van der Waals surface area (Å²) in [5.74, 6) is 0.0504. The summed E-state index contributed by atoms with van der Waals surface area (Å²) < 4.78 is 33.6. The first kappa shape index (κ1) is 28.2. The fourth-order valence-electron chi connectivity index (χ4n) is 3.55. The van der Waals surface area contributed by atoms with Crippen molar-refractivity contribution in [1.82, 2.24) is 5.43 Å². The van der Waals surface area contributed by atoms with Crippen LogP contribution >= 0.6 is 23.2 Å². The lowest BCUT2D eigenvalue weighted by molar-refractivity contribution is -0.119. The molecule has 0 aliphatic rings. The molecule has 4 aromatic carbocycles. The average molecular weight is 583 g/mol. The lowest BCUT2D eigenvalue weighted by Gasteiger charge is -2.23. The van der Waals surface area contributed by atoms with Crippen LogP contribution in [0.25, 0.3) is 0 Å². The van der Waals surface area contributed by atoms with Crippen molar-refractivity contribution in [2.45, 2.75) is 18.4 Å². The quantitative estimate of drug-likeness (QED) is 0.178. The minimum Gasteiger partial charge on any atom is -0.489 e. The average Bonchev–Trinajstić information content (AvgIpc) is 2.92. The van der Waals surface area contributed by atoms with Crippen LogP contribution in [0, 0.1) is 6.92 Å². The Kier molecular flexibility index (Phi) is 9.24. The van der Waals surface area contributed by atoms with Crippen molar-refractivity contribution in [2.75, 3.05) is 10.8 Å². The van der Waals surface area contributed by atoms with Gasteiger partial charge in [0.1, 0.15) is 18.9 Å². The third-order valence-electron chi connectivity index (χ3n) is 5.59. The number of carbonyl (C=O) groups excluding carboxylic acids is 1. The van der Waals surface area contributed by atoms with E-state index < -0.39 is 22.5 Å². The monoisotopic (exact) mass is 581 g/mol. The first-order valence-corrected chi connectivity index (χ1v) is 14.0. The van der Waals surface area contributed by atoms with Crippen LogP contribution in [0.3, 0.4) is 0 Å². The van der Waals surface area contributed by atoms with Gasteiger partial charge in [-0.25, -0.2) is 13.8 Å². The molecule has 1 amide bonds. The van der Waals surface area contributed by atoms with Gasteiger partial charge in [0.05, 0.1) is 16.8 Å². The molecule has 0 unspecified atom stereocenters. The first-order chi connectivity index (χ1) is 18.7. The first-order valence-electron chi connectivity index (χ1n) is 11.8. The van der Waals surface area contributed by atoms with Crippen molar-refractivity contribution >= 4 is 51.0 Å². The number of hydrogen-bond donors (Lipinski definition) is 1. The van der Waals surface area contributed by atoms with Crippen LogP contribution < -0.4 is 14.5 Å². The van der Waals surface area contributed by atoms with Gasteiger partial charge < -0.3 is 4.74 Å². The number of nitrogens with zero attached hydrogens (tertiary/aromatic N) is 2. The summed E-state index contributed by atoms with van der Waals surface area (Å²) >= 11 is 12.0. The van der Waals surface area contributed by atoms with E-state index in [1.807, 2.05) is 25.1 Å². The maximum atomic E-state index is 13.4. The number of carbonyl (C=O) groups is 1. The fourth-order valence-corrected chi connectivity index (χ4v) is 5.31. The maximum Gasteiger partial charge on any atom is 0.264 e. The molecule has 0 saturated carbocycles. The van der Waals surface area contributed by atoms with E-state index in [4.69, 9.17) is 27.9 Å². The van der Waals surface area contributed by atoms with Crippen molar-refractivity contribution in [3.8, 4) is 5.75 Å². The highest BCUT2D eigenvalue weighted by atomic mass is 35.5. The van der Waals surface area contributed by atoms with Gasteiger partial charge in [-0.2, -0.15) is 5.10 Å². The molecule has 0 aliphatic carbocycles. The smallest absolute Gasteiger partial charge is 0.264 e. The summed E-state index contributed by atoms with van der Waals surface area (Å²) in [7, 11) is -4.03. The van der Waals surface area contributed by atoms with Crippen LogP contribution in [0.2, 0.25) is 10.0 Å². The molecule has 0 saturated heterocycles. The Morgan fingerprint density at radius 2 is 1.62 bits per heavy atom. The van der Waals surface area contributed by atoms with E-state index in [0.717, 1.165) is 15.4 Å². The number of rotatable bonds is 10.